The van der Waals surface area contributed by atoms with Crippen molar-refractivity contribution in [2.75, 3.05) is 0 Å². The Kier molecular flexibility index (Phi) is 3.19. The highest BCUT2D eigenvalue weighted by Gasteiger charge is 2.27. The van der Waals surface area contributed by atoms with Gasteiger partial charge in [0, 0.05) is 5.56 Å². The molecule has 1 aliphatic heterocycles. The van der Waals surface area contributed by atoms with Crippen molar-refractivity contribution in [3.8, 4) is 5.75 Å². The van der Waals surface area contributed by atoms with Gasteiger partial charge in [-0.1, -0.05) is 12.1 Å². The number of rotatable bonds is 2. The van der Waals surface area contributed by atoms with Gasteiger partial charge in [0.2, 0.25) is 0 Å². The summed E-state index contributed by atoms with van der Waals surface area (Å²) in [4.78, 5) is 0.173. The zero-order valence-corrected chi connectivity index (χ0v) is 11.6. The van der Waals surface area contributed by atoms with Crippen molar-refractivity contribution < 1.29 is 13.5 Å². The summed E-state index contributed by atoms with van der Waals surface area (Å²) in [7, 11) is -3.64. The standard InChI is InChI=1S/C14H11N3O3S/c18-11-7-5-10(6-8-11)9-15-16-14-12-3-1-2-4-13(12)21(19,20)17-14/h1-9,18H,(H,16,17)/b15-9+. The van der Waals surface area contributed by atoms with Crippen molar-refractivity contribution in [3.63, 3.8) is 0 Å². The molecule has 0 atom stereocenters. The molecule has 0 radical (unpaired) electrons. The Labute approximate surface area is 121 Å². The van der Waals surface area contributed by atoms with E-state index in [1.807, 2.05) is 0 Å². The number of benzene rings is 2. The van der Waals surface area contributed by atoms with Gasteiger partial charge in [0.05, 0.1) is 6.21 Å². The third-order valence-electron chi connectivity index (χ3n) is 2.91. The lowest BCUT2D eigenvalue weighted by Gasteiger charge is -2.00. The molecule has 106 valence electrons. The minimum atomic E-state index is -3.64. The molecule has 0 bridgehead atoms. The fourth-order valence-corrected chi connectivity index (χ4v) is 3.09. The monoisotopic (exact) mass is 301 g/mol. The summed E-state index contributed by atoms with van der Waals surface area (Å²) < 4.78 is 27.3. The molecule has 0 spiro atoms. The molecule has 0 saturated heterocycles. The summed E-state index contributed by atoms with van der Waals surface area (Å²) in [5.74, 6) is 0.362. The second kappa shape index (κ2) is 5.02. The van der Waals surface area contributed by atoms with Gasteiger partial charge < -0.3 is 5.11 Å². The number of sulfonamides is 1. The zero-order valence-electron chi connectivity index (χ0n) is 10.8. The second-order valence-corrected chi connectivity index (χ2v) is 5.95. The van der Waals surface area contributed by atoms with Crippen LogP contribution in [0.3, 0.4) is 0 Å². The van der Waals surface area contributed by atoms with E-state index in [4.69, 9.17) is 0 Å². The Hall–Kier alpha value is -2.67. The molecule has 1 heterocycles. The molecular weight excluding hydrogens is 290 g/mol. The van der Waals surface area contributed by atoms with Crippen LogP contribution in [0.25, 0.3) is 0 Å². The number of nitrogens with one attached hydrogen (secondary N) is 1. The molecule has 0 amide bonds. The highest BCUT2D eigenvalue weighted by molar-refractivity contribution is 7.90. The third-order valence-corrected chi connectivity index (χ3v) is 4.24. The van der Waals surface area contributed by atoms with Gasteiger partial charge in [-0.3, -0.25) is 5.43 Å². The summed E-state index contributed by atoms with van der Waals surface area (Å²) in [6.07, 6.45) is 1.51. The van der Waals surface area contributed by atoms with Crippen LogP contribution in [0.15, 0.2) is 62.9 Å². The van der Waals surface area contributed by atoms with E-state index < -0.39 is 10.0 Å². The number of fused-ring (bicyclic) bond motifs is 1. The second-order valence-electron chi connectivity index (χ2n) is 4.37. The first-order valence-electron chi connectivity index (χ1n) is 6.09. The Morgan fingerprint density at radius 3 is 2.57 bits per heavy atom. The Morgan fingerprint density at radius 2 is 1.81 bits per heavy atom. The van der Waals surface area contributed by atoms with Crippen molar-refractivity contribution >= 4 is 22.1 Å². The maximum atomic E-state index is 11.8. The van der Waals surface area contributed by atoms with Gasteiger partial charge in [-0.25, -0.2) is 0 Å². The van der Waals surface area contributed by atoms with Crippen molar-refractivity contribution in [2.45, 2.75) is 4.90 Å². The molecule has 2 aromatic rings. The Balaban J connectivity index is 1.82. The normalized spacial score (nSPS) is 15.7. The maximum Gasteiger partial charge on any atom is 0.285 e. The van der Waals surface area contributed by atoms with Gasteiger partial charge >= 0.3 is 0 Å². The van der Waals surface area contributed by atoms with Crippen LogP contribution in [0, 0.1) is 0 Å². The smallest absolute Gasteiger partial charge is 0.285 e. The maximum absolute atomic E-state index is 11.8. The minimum Gasteiger partial charge on any atom is -0.508 e. The van der Waals surface area contributed by atoms with Gasteiger partial charge in [-0.2, -0.15) is 13.5 Å². The SMILES string of the molecule is O=S1(=O)N=C(N/N=C/c2ccc(O)cc2)c2ccccc21. The van der Waals surface area contributed by atoms with Gasteiger partial charge in [-0.05, 0) is 42.0 Å². The molecule has 1 aliphatic rings. The van der Waals surface area contributed by atoms with E-state index in [2.05, 4.69) is 14.9 Å². The lowest BCUT2D eigenvalue weighted by atomic mass is 10.2. The van der Waals surface area contributed by atoms with Crippen LogP contribution in [0.4, 0.5) is 0 Å². The minimum absolute atomic E-state index is 0.167. The number of aromatic hydroxyl groups is 1. The van der Waals surface area contributed by atoms with Gasteiger partial charge in [-0.15, -0.1) is 4.40 Å². The first kappa shape index (κ1) is 13.3. The van der Waals surface area contributed by atoms with Gasteiger partial charge in [0.25, 0.3) is 10.0 Å². The van der Waals surface area contributed by atoms with Crippen LogP contribution in [-0.2, 0) is 10.0 Å². The lowest BCUT2D eigenvalue weighted by Crippen LogP contribution is -2.17. The van der Waals surface area contributed by atoms with Gasteiger partial charge in [0.15, 0.2) is 5.84 Å². The first-order valence-corrected chi connectivity index (χ1v) is 7.53. The number of hydrogen-bond acceptors (Lipinski definition) is 5. The van der Waals surface area contributed by atoms with Crippen LogP contribution in [-0.4, -0.2) is 25.6 Å². The van der Waals surface area contributed by atoms with E-state index in [-0.39, 0.29) is 16.5 Å². The van der Waals surface area contributed by atoms with E-state index in [9.17, 15) is 13.5 Å². The molecule has 6 nitrogen and oxygen atoms in total. The predicted molar refractivity (Wildman–Crippen MR) is 79.0 cm³/mol. The van der Waals surface area contributed by atoms with Crippen LogP contribution >= 0.6 is 0 Å². The first-order chi connectivity index (χ1) is 10.1. The third kappa shape index (κ3) is 2.63. The number of phenolic OH excluding ortho intramolecular Hbond substituents is 1. The number of hydrogen-bond donors (Lipinski definition) is 2. The highest BCUT2D eigenvalue weighted by Crippen LogP contribution is 2.24. The fourth-order valence-electron chi connectivity index (χ4n) is 1.91. The van der Waals surface area contributed by atoms with E-state index in [1.54, 1.807) is 30.3 Å². The molecule has 0 aliphatic carbocycles. The Bertz CT molecular complexity index is 840. The van der Waals surface area contributed by atoms with Crippen LogP contribution < -0.4 is 5.43 Å². The topological polar surface area (TPSA) is 91.1 Å². The number of hydrazone groups is 1. The molecule has 21 heavy (non-hydrogen) atoms. The molecule has 0 unspecified atom stereocenters. The van der Waals surface area contributed by atoms with E-state index in [0.717, 1.165) is 5.56 Å². The van der Waals surface area contributed by atoms with E-state index in [0.29, 0.717) is 5.56 Å². The van der Waals surface area contributed by atoms with E-state index in [1.165, 1.54) is 24.4 Å². The van der Waals surface area contributed by atoms with Crippen LogP contribution in [0.5, 0.6) is 5.75 Å². The van der Waals surface area contributed by atoms with Crippen molar-refractivity contribution in [1.29, 1.82) is 0 Å². The average Bonchev–Trinajstić information content (AvgIpc) is 2.73. The molecular formula is C14H11N3O3S. The quantitative estimate of drug-likeness (QED) is 0.649. The summed E-state index contributed by atoms with van der Waals surface area (Å²) in [6.45, 7) is 0. The van der Waals surface area contributed by atoms with E-state index >= 15 is 0 Å². The zero-order chi connectivity index (χ0) is 14.9. The molecule has 0 saturated carbocycles. The largest absolute Gasteiger partial charge is 0.508 e. The fraction of sp³-hybridized carbons (Fsp3) is 0. The number of amidine groups is 1. The summed E-state index contributed by atoms with van der Waals surface area (Å²) in [5.41, 5.74) is 3.89. The molecule has 3 rings (SSSR count). The number of nitrogens with zero attached hydrogens (tertiary/aromatic N) is 2. The number of phenols is 1. The molecule has 2 aromatic carbocycles. The molecule has 7 heteroatoms. The van der Waals surface area contributed by atoms with Crippen molar-refractivity contribution in [1.82, 2.24) is 5.43 Å². The predicted octanol–water partition coefficient (Wildman–Crippen LogP) is 1.46. The Morgan fingerprint density at radius 1 is 1.10 bits per heavy atom. The average molecular weight is 301 g/mol. The summed E-state index contributed by atoms with van der Waals surface area (Å²) >= 11 is 0. The van der Waals surface area contributed by atoms with Crippen LogP contribution in [0.2, 0.25) is 0 Å². The molecule has 2 N–H and O–H groups in total. The van der Waals surface area contributed by atoms with Gasteiger partial charge in [0.1, 0.15) is 10.6 Å². The highest BCUT2D eigenvalue weighted by atomic mass is 32.2. The molecule has 0 fully saturated rings. The summed E-state index contributed by atoms with van der Waals surface area (Å²) in [6, 6.07) is 13.0. The molecule has 0 aromatic heterocycles. The van der Waals surface area contributed by atoms with Crippen molar-refractivity contribution in [2.24, 2.45) is 9.50 Å². The van der Waals surface area contributed by atoms with Crippen molar-refractivity contribution in [3.05, 3.63) is 59.7 Å². The lowest BCUT2D eigenvalue weighted by molar-refractivity contribution is 0.475. The van der Waals surface area contributed by atoms with Crippen LogP contribution in [0.1, 0.15) is 11.1 Å². The summed E-state index contributed by atoms with van der Waals surface area (Å²) in [5, 5.41) is 13.1.